The van der Waals surface area contributed by atoms with Gasteiger partial charge in [-0.15, -0.1) is 5.10 Å². The van der Waals surface area contributed by atoms with E-state index in [0.29, 0.717) is 11.4 Å². The number of nitriles is 1. The normalized spacial score (nSPS) is 10.7. The lowest BCUT2D eigenvalue weighted by Gasteiger charge is -2.07. The molecule has 0 amide bonds. The van der Waals surface area contributed by atoms with E-state index in [2.05, 4.69) is 56.5 Å². The second-order valence-corrected chi connectivity index (χ2v) is 5.34. The SMILES string of the molecule is N#Cc1n[nH]nc1-c1cccc(Cn2ccc3ccccc32)c1. The van der Waals surface area contributed by atoms with E-state index >= 15 is 0 Å². The Morgan fingerprint density at radius 2 is 1.96 bits per heavy atom. The first-order chi connectivity index (χ1) is 11.3. The van der Waals surface area contributed by atoms with E-state index in [0.717, 1.165) is 17.7 Å². The molecule has 0 saturated heterocycles. The predicted octanol–water partition coefficient (Wildman–Crippen LogP) is 3.35. The monoisotopic (exact) mass is 299 g/mol. The number of nitrogens with zero attached hydrogens (tertiary/aromatic N) is 4. The summed E-state index contributed by atoms with van der Waals surface area (Å²) in [4.78, 5) is 0. The van der Waals surface area contributed by atoms with Crippen molar-refractivity contribution in [1.29, 1.82) is 5.26 Å². The lowest BCUT2D eigenvalue weighted by atomic mass is 10.1. The molecule has 23 heavy (non-hydrogen) atoms. The highest BCUT2D eigenvalue weighted by atomic mass is 15.3. The third-order valence-corrected chi connectivity index (χ3v) is 3.89. The van der Waals surface area contributed by atoms with Gasteiger partial charge in [-0.05, 0) is 29.1 Å². The Morgan fingerprint density at radius 3 is 2.87 bits per heavy atom. The summed E-state index contributed by atoms with van der Waals surface area (Å²) < 4.78 is 2.21. The summed E-state index contributed by atoms with van der Waals surface area (Å²) in [6.07, 6.45) is 2.09. The molecule has 110 valence electrons. The van der Waals surface area contributed by atoms with Crippen LogP contribution in [0.4, 0.5) is 0 Å². The van der Waals surface area contributed by atoms with Gasteiger partial charge in [-0.1, -0.05) is 36.4 Å². The van der Waals surface area contributed by atoms with Crippen LogP contribution in [0.2, 0.25) is 0 Å². The van der Waals surface area contributed by atoms with Crippen LogP contribution in [0.3, 0.4) is 0 Å². The molecule has 5 nitrogen and oxygen atoms in total. The Balaban J connectivity index is 1.71. The fourth-order valence-electron chi connectivity index (χ4n) is 2.80. The minimum atomic E-state index is 0.313. The van der Waals surface area contributed by atoms with Crippen molar-refractivity contribution >= 4 is 10.9 Å². The molecule has 2 aromatic carbocycles. The van der Waals surface area contributed by atoms with Crippen molar-refractivity contribution in [2.24, 2.45) is 0 Å². The van der Waals surface area contributed by atoms with Crippen LogP contribution in [-0.2, 0) is 6.54 Å². The minimum Gasteiger partial charge on any atom is -0.343 e. The molecule has 4 aromatic rings. The van der Waals surface area contributed by atoms with E-state index < -0.39 is 0 Å². The van der Waals surface area contributed by atoms with Crippen molar-refractivity contribution in [3.05, 3.63) is 72.1 Å². The number of rotatable bonds is 3. The summed E-state index contributed by atoms with van der Waals surface area (Å²) in [5, 5.41) is 20.8. The van der Waals surface area contributed by atoms with Gasteiger partial charge in [-0.2, -0.15) is 15.6 Å². The van der Waals surface area contributed by atoms with E-state index in [4.69, 9.17) is 5.26 Å². The summed E-state index contributed by atoms with van der Waals surface area (Å²) >= 11 is 0. The smallest absolute Gasteiger partial charge is 0.190 e. The van der Waals surface area contributed by atoms with Crippen molar-refractivity contribution in [3.63, 3.8) is 0 Å². The summed E-state index contributed by atoms with van der Waals surface area (Å²) in [7, 11) is 0. The molecule has 0 aliphatic heterocycles. The van der Waals surface area contributed by atoms with Crippen LogP contribution in [-0.4, -0.2) is 20.0 Å². The van der Waals surface area contributed by atoms with E-state index in [-0.39, 0.29) is 0 Å². The fraction of sp³-hybridized carbons (Fsp3) is 0.0556. The van der Waals surface area contributed by atoms with Crippen LogP contribution in [0.15, 0.2) is 60.8 Å². The fourth-order valence-corrected chi connectivity index (χ4v) is 2.80. The van der Waals surface area contributed by atoms with Crippen LogP contribution in [0.5, 0.6) is 0 Å². The van der Waals surface area contributed by atoms with Gasteiger partial charge in [-0.3, -0.25) is 0 Å². The summed E-state index contributed by atoms with van der Waals surface area (Å²) in [5.41, 5.74) is 4.15. The maximum atomic E-state index is 9.09. The molecule has 2 heterocycles. The Morgan fingerprint density at radius 1 is 1.04 bits per heavy atom. The molecule has 0 spiro atoms. The summed E-state index contributed by atoms with van der Waals surface area (Å²) in [6.45, 7) is 0.765. The molecular formula is C18H13N5. The molecule has 0 aliphatic rings. The lowest BCUT2D eigenvalue weighted by molar-refractivity contribution is 0.837. The van der Waals surface area contributed by atoms with Crippen LogP contribution in [0.25, 0.3) is 22.2 Å². The average molecular weight is 299 g/mol. The first-order valence-corrected chi connectivity index (χ1v) is 7.29. The molecule has 0 fully saturated rings. The second kappa shape index (κ2) is 5.43. The quantitative estimate of drug-likeness (QED) is 0.630. The number of hydrogen-bond acceptors (Lipinski definition) is 3. The van der Waals surface area contributed by atoms with Gasteiger partial charge in [0.2, 0.25) is 0 Å². The van der Waals surface area contributed by atoms with Crippen LogP contribution < -0.4 is 0 Å². The molecule has 5 heteroatoms. The van der Waals surface area contributed by atoms with Crippen LogP contribution in [0.1, 0.15) is 11.3 Å². The second-order valence-electron chi connectivity index (χ2n) is 5.34. The Hall–Kier alpha value is -3.39. The van der Waals surface area contributed by atoms with Gasteiger partial charge >= 0.3 is 0 Å². The lowest BCUT2D eigenvalue weighted by Crippen LogP contribution is -1.98. The number of benzene rings is 2. The summed E-state index contributed by atoms with van der Waals surface area (Å²) in [6, 6.07) is 20.5. The zero-order chi connectivity index (χ0) is 15.6. The van der Waals surface area contributed by atoms with Gasteiger partial charge in [0, 0.05) is 23.8 Å². The maximum absolute atomic E-state index is 9.09. The third-order valence-electron chi connectivity index (χ3n) is 3.89. The predicted molar refractivity (Wildman–Crippen MR) is 87.6 cm³/mol. The van der Waals surface area contributed by atoms with Crippen molar-refractivity contribution in [3.8, 4) is 17.3 Å². The van der Waals surface area contributed by atoms with Gasteiger partial charge in [0.25, 0.3) is 0 Å². The number of hydrogen-bond donors (Lipinski definition) is 1. The van der Waals surface area contributed by atoms with Crippen molar-refractivity contribution in [2.75, 3.05) is 0 Å². The molecule has 0 bridgehead atoms. The van der Waals surface area contributed by atoms with E-state index in [1.807, 2.05) is 30.3 Å². The first-order valence-electron chi connectivity index (χ1n) is 7.29. The van der Waals surface area contributed by atoms with Gasteiger partial charge in [-0.25, -0.2) is 0 Å². The molecule has 0 saturated carbocycles. The molecule has 0 unspecified atom stereocenters. The standard InChI is InChI=1S/C18H13N5/c19-11-16-18(21-22-20-16)15-6-3-4-13(10-15)12-23-9-8-14-5-1-2-7-17(14)23/h1-10H,12H2,(H,20,21,22). The number of fused-ring (bicyclic) bond motifs is 1. The molecule has 4 rings (SSSR count). The average Bonchev–Trinajstić information content (AvgIpc) is 3.22. The molecular weight excluding hydrogens is 286 g/mol. The molecule has 0 radical (unpaired) electrons. The minimum absolute atomic E-state index is 0.313. The van der Waals surface area contributed by atoms with E-state index in [1.54, 1.807) is 0 Å². The third kappa shape index (κ3) is 2.36. The largest absolute Gasteiger partial charge is 0.343 e. The molecule has 1 N–H and O–H groups in total. The van der Waals surface area contributed by atoms with Crippen molar-refractivity contribution in [1.82, 2.24) is 20.0 Å². The van der Waals surface area contributed by atoms with E-state index in [1.165, 1.54) is 10.9 Å². The number of aromatic nitrogens is 4. The highest BCUT2D eigenvalue weighted by Gasteiger charge is 2.10. The zero-order valence-electron chi connectivity index (χ0n) is 12.3. The number of H-pyrrole nitrogens is 1. The van der Waals surface area contributed by atoms with Crippen molar-refractivity contribution < 1.29 is 0 Å². The number of nitrogens with one attached hydrogen (secondary N) is 1. The molecule has 0 aliphatic carbocycles. The van der Waals surface area contributed by atoms with Crippen LogP contribution in [0, 0.1) is 11.3 Å². The maximum Gasteiger partial charge on any atom is 0.190 e. The Kier molecular flexibility index (Phi) is 3.13. The number of aromatic amines is 1. The summed E-state index contributed by atoms with van der Waals surface area (Å²) in [5.74, 6) is 0. The Labute approximate surface area is 132 Å². The number of para-hydroxylation sites is 1. The van der Waals surface area contributed by atoms with Crippen molar-refractivity contribution in [2.45, 2.75) is 6.54 Å². The molecule has 0 atom stereocenters. The highest BCUT2D eigenvalue weighted by molar-refractivity contribution is 5.80. The zero-order valence-corrected chi connectivity index (χ0v) is 12.3. The van der Waals surface area contributed by atoms with Gasteiger partial charge in [0.1, 0.15) is 11.8 Å². The van der Waals surface area contributed by atoms with E-state index in [9.17, 15) is 0 Å². The topological polar surface area (TPSA) is 70.3 Å². The van der Waals surface area contributed by atoms with Gasteiger partial charge in [0.15, 0.2) is 5.69 Å². The van der Waals surface area contributed by atoms with Crippen LogP contribution >= 0.6 is 0 Å². The highest BCUT2D eigenvalue weighted by Crippen LogP contribution is 2.22. The van der Waals surface area contributed by atoms with Gasteiger partial charge in [0.05, 0.1) is 0 Å². The first kappa shape index (κ1) is 13.3. The molecule has 2 aromatic heterocycles. The van der Waals surface area contributed by atoms with Gasteiger partial charge < -0.3 is 4.57 Å². The Bertz CT molecular complexity index is 1020.